The number of Topliss-reactive ketones (excluding diaryl/α,β-unsaturated/α-hetero) is 1. The maximum atomic E-state index is 13.6. The fraction of sp³-hybridized carbons (Fsp3) is 0.382. The van der Waals surface area contributed by atoms with Gasteiger partial charge in [0.15, 0.2) is 0 Å². The Kier molecular flexibility index (Phi) is 8.99. The normalized spacial score (nSPS) is 15.2. The smallest absolute Gasteiger partial charge is 0.412 e. The van der Waals surface area contributed by atoms with Crippen molar-refractivity contribution in [2.24, 2.45) is 17.8 Å². The number of ether oxygens (including phenoxy) is 1. The van der Waals surface area contributed by atoms with E-state index >= 15 is 0 Å². The Bertz CT molecular complexity index is 1800. The van der Waals surface area contributed by atoms with Crippen LogP contribution in [0.25, 0.3) is 11.4 Å². The van der Waals surface area contributed by atoms with Gasteiger partial charge in [-0.15, -0.1) is 10.2 Å². The quantitative estimate of drug-likeness (QED) is 0.180. The van der Waals surface area contributed by atoms with Crippen LogP contribution in [0.3, 0.4) is 0 Å². The summed E-state index contributed by atoms with van der Waals surface area (Å²) in [5.41, 5.74) is -0.800. The van der Waals surface area contributed by atoms with Crippen LogP contribution in [0.4, 0.5) is 10.5 Å². The molecule has 0 bridgehead atoms. The zero-order chi connectivity index (χ0) is 33.1. The van der Waals surface area contributed by atoms with E-state index in [1.165, 1.54) is 6.20 Å². The van der Waals surface area contributed by atoms with Gasteiger partial charge in [0, 0.05) is 5.56 Å². The lowest BCUT2D eigenvalue weighted by atomic mass is 9.92. The van der Waals surface area contributed by atoms with Crippen molar-refractivity contribution in [2.45, 2.75) is 64.3 Å². The highest BCUT2D eigenvalue weighted by Gasteiger charge is 2.58. The summed E-state index contributed by atoms with van der Waals surface area (Å²) in [6, 6.07) is 16.8. The van der Waals surface area contributed by atoms with Gasteiger partial charge in [0.25, 0.3) is 11.4 Å². The van der Waals surface area contributed by atoms with Gasteiger partial charge in [-0.05, 0) is 49.0 Å². The predicted molar refractivity (Wildman–Crippen MR) is 169 cm³/mol. The second-order valence-electron chi connectivity index (χ2n) is 12.4. The molecule has 2 amide bonds. The summed E-state index contributed by atoms with van der Waals surface area (Å²) in [4.78, 5) is 57.6. The molecule has 2 aliphatic carbocycles. The molecule has 2 aromatic carbocycles. The summed E-state index contributed by atoms with van der Waals surface area (Å²) in [6.45, 7) is 2.98. The molecule has 2 heterocycles. The third-order valence-electron chi connectivity index (χ3n) is 8.47. The second-order valence-corrected chi connectivity index (χ2v) is 12.4. The molecule has 0 aliphatic heterocycles. The molecule has 0 saturated heterocycles. The van der Waals surface area contributed by atoms with E-state index in [4.69, 9.17) is 9.15 Å². The monoisotopic (exact) mass is 640 g/mol. The summed E-state index contributed by atoms with van der Waals surface area (Å²) >= 11 is 0. The summed E-state index contributed by atoms with van der Waals surface area (Å²) in [6.07, 6.45) is 3.77. The number of anilines is 1. The molecule has 2 aliphatic rings. The van der Waals surface area contributed by atoms with E-state index < -0.39 is 41.5 Å². The molecular weight excluding hydrogens is 604 g/mol. The van der Waals surface area contributed by atoms with Crippen molar-refractivity contribution in [1.82, 2.24) is 25.1 Å². The van der Waals surface area contributed by atoms with Gasteiger partial charge in [-0.1, -0.05) is 74.5 Å². The minimum absolute atomic E-state index is 0.00852. The number of hydrogen-bond acceptors (Lipinski definition) is 10. The van der Waals surface area contributed by atoms with Gasteiger partial charge in [-0.2, -0.15) is 0 Å². The molecule has 244 valence electrons. The number of nitrogens with one attached hydrogen (secondary N) is 2. The average Bonchev–Trinajstić information content (AvgIpc) is 4.02. The molecule has 1 atom stereocenters. The number of nitrogens with zero attached hydrogens (tertiary/aromatic N) is 4. The Balaban J connectivity index is 1.20. The minimum Gasteiger partial charge on any atom is -0.444 e. The molecule has 2 saturated carbocycles. The highest BCUT2D eigenvalue weighted by atomic mass is 16.5. The van der Waals surface area contributed by atoms with Crippen LogP contribution in [0.1, 0.15) is 61.7 Å². The number of carbonyl (C=O) groups excluding carboxylic acids is 3. The van der Waals surface area contributed by atoms with E-state index in [0.717, 1.165) is 35.8 Å². The lowest BCUT2D eigenvalue weighted by Gasteiger charge is -2.23. The van der Waals surface area contributed by atoms with Crippen LogP contribution in [0, 0.1) is 17.8 Å². The van der Waals surface area contributed by atoms with E-state index in [2.05, 4.69) is 25.8 Å². The van der Waals surface area contributed by atoms with E-state index in [-0.39, 0.29) is 47.7 Å². The van der Waals surface area contributed by atoms with Gasteiger partial charge in [-0.25, -0.2) is 9.78 Å². The first-order chi connectivity index (χ1) is 22.6. The predicted octanol–water partition coefficient (Wildman–Crippen LogP) is 4.07. The molecule has 2 aromatic heterocycles. The number of carbonyl (C=O) groups is 3. The maximum Gasteiger partial charge on any atom is 0.412 e. The standard InChI is InChI=1S/C34H36N6O7/c1-20(2)27(28(42)30-38-39-32(47-30)34(45,23-13-14-23)24-15-16-24)37-26(41)18-40-29(22-11-7-4-8-12-22)35-17-25(31(40)43)36-33(44)46-19-21-9-5-3-6-10-21/h3-12,17,20,23-24,27,45H,13-16,18-19H2,1-2H3,(H,36,44)(H,37,41). The fourth-order valence-corrected chi connectivity index (χ4v) is 5.66. The Labute approximate surface area is 270 Å². The van der Waals surface area contributed by atoms with Gasteiger partial charge in [-0.3, -0.25) is 24.3 Å². The van der Waals surface area contributed by atoms with Crippen LogP contribution in [-0.2, 0) is 28.3 Å². The summed E-state index contributed by atoms with van der Waals surface area (Å²) < 4.78 is 12.1. The average molecular weight is 641 g/mol. The van der Waals surface area contributed by atoms with Crippen molar-refractivity contribution in [3.8, 4) is 11.4 Å². The van der Waals surface area contributed by atoms with Crippen molar-refractivity contribution in [3.63, 3.8) is 0 Å². The number of ketones is 1. The van der Waals surface area contributed by atoms with Crippen molar-refractivity contribution in [1.29, 1.82) is 0 Å². The van der Waals surface area contributed by atoms with Crippen molar-refractivity contribution in [2.75, 3.05) is 5.32 Å². The molecule has 0 radical (unpaired) electrons. The third kappa shape index (κ3) is 6.99. The summed E-state index contributed by atoms with van der Waals surface area (Å²) in [5.74, 6) is -1.67. The number of benzene rings is 2. The molecule has 6 rings (SSSR count). The number of aliphatic hydroxyl groups is 1. The molecule has 0 spiro atoms. The van der Waals surface area contributed by atoms with Gasteiger partial charge < -0.3 is 19.6 Å². The fourth-order valence-electron chi connectivity index (χ4n) is 5.66. The summed E-state index contributed by atoms with van der Waals surface area (Å²) in [5, 5.41) is 24.5. The number of aromatic nitrogens is 4. The Morgan fingerprint density at radius 1 is 1.00 bits per heavy atom. The van der Waals surface area contributed by atoms with E-state index in [9.17, 15) is 24.3 Å². The highest BCUT2D eigenvalue weighted by Crippen LogP contribution is 2.57. The molecule has 1 unspecified atom stereocenters. The van der Waals surface area contributed by atoms with E-state index in [1.54, 1.807) is 56.3 Å². The number of amides is 2. The molecule has 13 nitrogen and oxygen atoms in total. The van der Waals surface area contributed by atoms with Gasteiger partial charge >= 0.3 is 6.09 Å². The topological polar surface area (TPSA) is 179 Å². The molecule has 2 fully saturated rings. The molecule has 13 heteroatoms. The SMILES string of the molecule is CC(C)C(NC(=O)Cn1c(-c2ccccc2)ncc(NC(=O)OCc2ccccc2)c1=O)C(=O)c1nnc(C(O)(C2CC2)C2CC2)o1. The van der Waals surface area contributed by atoms with Crippen LogP contribution in [0.2, 0.25) is 0 Å². The van der Waals surface area contributed by atoms with E-state index in [0.29, 0.717) is 5.56 Å². The zero-order valence-corrected chi connectivity index (χ0v) is 26.1. The van der Waals surface area contributed by atoms with Gasteiger partial charge in [0.1, 0.15) is 30.3 Å². The lowest BCUT2D eigenvalue weighted by molar-refractivity contribution is -0.122. The largest absolute Gasteiger partial charge is 0.444 e. The molecule has 47 heavy (non-hydrogen) atoms. The Hall–Kier alpha value is -5.17. The van der Waals surface area contributed by atoms with Gasteiger partial charge in [0.05, 0.1) is 12.2 Å². The lowest BCUT2D eigenvalue weighted by Crippen LogP contribution is -2.46. The summed E-state index contributed by atoms with van der Waals surface area (Å²) in [7, 11) is 0. The highest BCUT2D eigenvalue weighted by molar-refractivity contribution is 5.98. The van der Waals surface area contributed by atoms with Crippen LogP contribution in [0.15, 0.2) is 76.1 Å². The van der Waals surface area contributed by atoms with Crippen LogP contribution in [-0.4, -0.2) is 48.7 Å². The first-order valence-electron chi connectivity index (χ1n) is 15.7. The van der Waals surface area contributed by atoms with Crippen LogP contribution >= 0.6 is 0 Å². The van der Waals surface area contributed by atoms with Crippen molar-refractivity contribution < 1.29 is 28.6 Å². The molecular formula is C34H36N6O7. The first kappa shape index (κ1) is 31.8. The Morgan fingerprint density at radius 2 is 1.64 bits per heavy atom. The molecule has 3 N–H and O–H groups in total. The van der Waals surface area contributed by atoms with E-state index in [1.807, 2.05) is 18.2 Å². The maximum absolute atomic E-state index is 13.6. The van der Waals surface area contributed by atoms with Crippen molar-refractivity contribution >= 4 is 23.5 Å². The first-order valence-corrected chi connectivity index (χ1v) is 15.7. The number of rotatable bonds is 13. The second kappa shape index (κ2) is 13.3. The van der Waals surface area contributed by atoms with Crippen LogP contribution in [0.5, 0.6) is 0 Å². The minimum atomic E-state index is -1.24. The van der Waals surface area contributed by atoms with Crippen LogP contribution < -0.4 is 16.2 Å². The van der Waals surface area contributed by atoms with Gasteiger partial charge in [0.2, 0.25) is 17.6 Å². The third-order valence-corrected chi connectivity index (χ3v) is 8.47. The zero-order valence-electron chi connectivity index (χ0n) is 26.1. The molecule has 4 aromatic rings. The number of hydrogen-bond donors (Lipinski definition) is 3. The Morgan fingerprint density at radius 3 is 2.26 bits per heavy atom. The van der Waals surface area contributed by atoms with Crippen molar-refractivity contribution in [3.05, 3.63) is 94.6 Å².